The van der Waals surface area contributed by atoms with Crippen LogP contribution >= 0.6 is 0 Å². The standard InChI is InChI=1S/C26H40O2/c1-4-24(19(2)3)20-15-17-23(18-16-20)28-26(27)25(21-11-7-5-8-12-21)22-13-9-6-10-14-22/h15-19,21-22,24-25H,4-14H2,1-3H3. The van der Waals surface area contributed by atoms with Gasteiger partial charge in [0.05, 0.1) is 5.92 Å². The van der Waals surface area contributed by atoms with Crippen LogP contribution in [0.3, 0.4) is 0 Å². The molecule has 2 fully saturated rings. The van der Waals surface area contributed by atoms with Crippen LogP contribution in [0.1, 0.15) is 103 Å². The SMILES string of the molecule is CCC(c1ccc(OC(=O)C(C2CCCCC2)C2CCCCC2)cc1)C(C)C. The molecule has 2 saturated carbocycles. The third-order valence-corrected chi connectivity index (χ3v) is 7.36. The molecule has 0 aliphatic heterocycles. The van der Waals surface area contributed by atoms with Gasteiger partial charge in [-0.25, -0.2) is 0 Å². The first-order valence-electron chi connectivity index (χ1n) is 11.9. The molecule has 1 aromatic rings. The molecule has 2 nitrogen and oxygen atoms in total. The fraction of sp³-hybridized carbons (Fsp3) is 0.731. The van der Waals surface area contributed by atoms with Crippen molar-refractivity contribution in [2.75, 3.05) is 0 Å². The average Bonchev–Trinajstić information content (AvgIpc) is 2.71. The number of ether oxygens (including phenoxy) is 1. The van der Waals surface area contributed by atoms with Crippen molar-refractivity contribution < 1.29 is 9.53 Å². The van der Waals surface area contributed by atoms with Gasteiger partial charge in [0.15, 0.2) is 0 Å². The summed E-state index contributed by atoms with van der Waals surface area (Å²) >= 11 is 0. The van der Waals surface area contributed by atoms with E-state index in [9.17, 15) is 4.79 Å². The molecule has 0 amide bonds. The van der Waals surface area contributed by atoms with E-state index in [2.05, 4.69) is 32.9 Å². The highest BCUT2D eigenvalue weighted by Crippen LogP contribution is 2.41. The number of esters is 1. The minimum atomic E-state index is 0.0439. The van der Waals surface area contributed by atoms with Gasteiger partial charge < -0.3 is 4.74 Å². The molecule has 156 valence electrons. The lowest BCUT2D eigenvalue weighted by Crippen LogP contribution is -2.36. The van der Waals surface area contributed by atoms with E-state index in [1.807, 2.05) is 12.1 Å². The fourth-order valence-corrected chi connectivity index (χ4v) is 5.82. The fourth-order valence-electron chi connectivity index (χ4n) is 5.82. The number of rotatable bonds is 7. The highest BCUT2D eigenvalue weighted by molar-refractivity contribution is 5.76. The monoisotopic (exact) mass is 384 g/mol. The van der Waals surface area contributed by atoms with E-state index in [-0.39, 0.29) is 11.9 Å². The van der Waals surface area contributed by atoms with Crippen molar-refractivity contribution in [2.45, 2.75) is 97.3 Å². The van der Waals surface area contributed by atoms with Crippen molar-refractivity contribution in [1.82, 2.24) is 0 Å². The summed E-state index contributed by atoms with van der Waals surface area (Å²) in [7, 11) is 0. The second-order valence-electron chi connectivity index (χ2n) is 9.57. The zero-order chi connectivity index (χ0) is 19.9. The van der Waals surface area contributed by atoms with Gasteiger partial charge in [0.1, 0.15) is 5.75 Å². The van der Waals surface area contributed by atoms with E-state index in [1.165, 1.54) is 69.8 Å². The van der Waals surface area contributed by atoms with Crippen LogP contribution in [0.25, 0.3) is 0 Å². The molecule has 0 N–H and O–H groups in total. The molecule has 3 rings (SSSR count). The topological polar surface area (TPSA) is 26.3 Å². The lowest BCUT2D eigenvalue weighted by atomic mass is 9.69. The number of carbonyl (C=O) groups excluding carboxylic acids is 1. The minimum absolute atomic E-state index is 0.0439. The number of hydrogen-bond donors (Lipinski definition) is 0. The van der Waals surface area contributed by atoms with Gasteiger partial charge in [0.25, 0.3) is 0 Å². The Morgan fingerprint density at radius 2 is 1.39 bits per heavy atom. The lowest BCUT2D eigenvalue weighted by Gasteiger charge is -2.36. The van der Waals surface area contributed by atoms with Gasteiger partial charge in [0, 0.05) is 0 Å². The molecule has 0 radical (unpaired) electrons. The maximum atomic E-state index is 13.3. The molecule has 2 aliphatic rings. The van der Waals surface area contributed by atoms with E-state index in [1.54, 1.807) is 0 Å². The summed E-state index contributed by atoms with van der Waals surface area (Å²) in [4.78, 5) is 13.3. The molecule has 2 aliphatic carbocycles. The third-order valence-electron chi connectivity index (χ3n) is 7.36. The van der Waals surface area contributed by atoms with Crippen LogP contribution in [0.4, 0.5) is 0 Å². The van der Waals surface area contributed by atoms with Crippen molar-refractivity contribution in [3.05, 3.63) is 29.8 Å². The first-order valence-corrected chi connectivity index (χ1v) is 11.9. The van der Waals surface area contributed by atoms with E-state index in [4.69, 9.17) is 4.74 Å². The maximum absolute atomic E-state index is 13.3. The molecule has 0 spiro atoms. The van der Waals surface area contributed by atoms with E-state index in [0.717, 1.165) is 12.2 Å². The predicted molar refractivity (Wildman–Crippen MR) is 117 cm³/mol. The Hall–Kier alpha value is -1.31. The maximum Gasteiger partial charge on any atom is 0.314 e. The smallest absolute Gasteiger partial charge is 0.314 e. The molecule has 1 unspecified atom stereocenters. The van der Waals surface area contributed by atoms with Gasteiger partial charge in [-0.3, -0.25) is 4.79 Å². The molecule has 2 heteroatoms. The van der Waals surface area contributed by atoms with E-state index >= 15 is 0 Å². The Kier molecular flexibility index (Phi) is 8.00. The van der Waals surface area contributed by atoms with Crippen molar-refractivity contribution in [2.24, 2.45) is 23.7 Å². The summed E-state index contributed by atoms with van der Waals surface area (Å²) in [5.41, 5.74) is 1.36. The van der Waals surface area contributed by atoms with Crippen molar-refractivity contribution >= 4 is 5.97 Å². The summed E-state index contributed by atoms with van der Waals surface area (Å²) in [5, 5.41) is 0. The molecular formula is C26H40O2. The Morgan fingerprint density at radius 3 is 1.82 bits per heavy atom. The number of carbonyl (C=O) groups is 1. The van der Waals surface area contributed by atoms with Gasteiger partial charge in [-0.15, -0.1) is 0 Å². The first-order chi connectivity index (χ1) is 13.6. The molecule has 0 heterocycles. The first kappa shape index (κ1) is 21.4. The van der Waals surface area contributed by atoms with Crippen LogP contribution in [-0.4, -0.2) is 5.97 Å². The van der Waals surface area contributed by atoms with Gasteiger partial charge in [-0.1, -0.05) is 71.4 Å². The second kappa shape index (κ2) is 10.5. The zero-order valence-electron chi connectivity index (χ0n) is 18.3. The summed E-state index contributed by atoms with van der Waals surface area (Å²) in [5.74, 6) is 3.15. The van der Waals surface area contributed by atoms with Gasteiger partial charge in [-0.2, -0.15) is 0 Å². The molecule has 1 atom stereocenters. The molecule has 0 bridgehead atoms. The lowest BCUT2D eigenvalue weighted by molar-refractivity contribution is -0.144. The van der Waals surface area contributed by atoms with Gasteiger partial charge in [0.2, 0.25) is 0 Å². The molecular weight excluding hydrogens is 344 g/mol. The van der Waals surface area contributed by atoms with Crippen molar-refractivity contribution in [3.63, 3.8) is 0 Å². The Balaban J connectivity index is 1.70. The van der Waals surface area contributed by atoms with E-state index in [0.29, 0.717) is 23.7 Å². The van der Waals surface area contributed by atoms with Crippen molar-refractivity contribution in [3.8, 4) is 5.75 Å². The Labute approximate surface area is 172 Å². The summed E-state index contributed by atoms with van der Waals surface area (Å²) in [6.45, 7) is 6.81. The van der Waals surface area contributed by atoms with Crippen molar-refractivity contribution in [1.29, 1.82) is 0 Å². The Bertz CT molecular complexity index is 573. The summed E-state index contributed by atoms with van der Waals surface area (Å²) in [6.07, 6.45) is 13.8. The Morgan fingerprint density at radius 1 is 0.893 bits per heavy atom. The quantitative estimate of drug-likeness (QED) is 0.359. The molecule has 28 heavy (non-hydrogen) atoms. The summed E-state index contributed by atoms with van der Waals surface area (Å²) in [6, 6.07) is 8.34. The second-order valence-corrected chi connectivity index (χ2v) is 9.57. The molecule has 0 saturated heterocycles. The van der Waals surface area contributed by atoms with Gasteiger partial charge >= 0.3 is 5.97 Å². The predicted octanol–water partition coefficient (Wildman–Crippen LogP) is 7.52. The van der Waals surface area contributed by atoms with Crippen LogP contribution in [0, 0.1) is 23.7 Å². The number of benzene rings is 1. The highest BCUT2D eigenvalue weighted by Gasteiger charge is 2.37. The summed E-state index contributed by atoms with van der Waals surface area (Å²) < 4.78 is 5.97. The highest BCUT2D eigenvalue weighted by atomic mass is 16.5. The van der Waals surface area contributed by atoms with Crippen LogP contribution in [-0.2, 0) is 4.79 Å². The minimum Gasteiger partial charge on any atom is -0.426 e. The van der Waals surface area contributed by atoms with E-state index < -0.39 is 0 Å². The van der Waals surface area contributed by atoms with Crippen LogP contribution in [0.2, 0.25) is 0 Å². The number of hydrogen-bond acceptors (Lipinski definition) is 2. The van der Waals surface area contributed by atoms with Crippen LogP contribution < -0.4 is 4.74 Å². The zero-order valence-corrected chi connectivity index (χ0v) is 18.3. The molecule has 0 aromatic heterocycles. The molecule has 1 aromatic carbocycles. The van der Waals surface area contributed by atoms with Crippen LogP contribution in [0.15, 0.2) is 24.3 Å². The third kappa shape index (κ3) is 5.39. The van der Waals surface area contributed by atoms with Crippen LogP contribution in [0.5, 0.6) is 5.75 Å². The average molecular weight is 385 g/mol. The largest absolute Gasteiger partial charge is 0.426 e. The van der Waals surface area contributed by atoms with Gasteiger partial charge in [-0.05, 0) is 73.5 Å². The normalized spacial score (nSPS) is 20.5.